The minimum atomic E-state index is -0.558. The van der Waals surface area contributed by atoms with Crippen LogP contribution in [0, 0.1) is 12.3 Å². The lowest BCUT2D eigenvalue weighted by Crippen LogP contribution is -2.44. The van der Waals surface area contributed by atoms with Crippen LogP contribution in [-0.2, 0) is 4.79 Å². The number of aliphatic hydroxyl groups excluding tert-OH is 1. The molecule has 0 aliphatic rings. The van der Waals surface area contributed by atoms with Gasteiger partial charge in [-0.25, -0.2) is 0 Å². The van der Waals surface area contributed by atoms with Crippen LogP contribution in [0.5, 0.6) is 5.75 Å². The van der Waals surface area contributed by atoms with E-state index in [9.17, 15) is 9.90 Å². The Hall–Kier alpha value is -1.55. The van der Waals surface area contributed by atoms with Crippen molar-refractivity contribution in [3.8, 4) is 5.75 Å². The summed E-state index contributed by atoms with van der Waals surface area (Å²) in [6.45, 7) is 8.33. The molecule has 0 bridgehead atoms. The Morgan fingerprint density at radius 2 is 1.86 bits per heavy atom. The van der Waals surface area contributed by atoms with Gasteiger partial charge in [-0.2, -0.15) is 0 Å². The van der Waals surface area contributed by atoms with Crippen molar-refractivity contribution in [1.82, 2.24) is 5.32 Å². The average Bonchev–Trinajstić information content (AvgIpc) is 2.51. The summed E-state index contributed by atoms with van der Waals surface area (Å²) in [7, 11) is 0. The summed E-state index contributed by atoms with van der Waals surface area (Å²) >= 11 is 0. The van der Waals surface area contributed by atoms with E-state index in [2.05, 4.69) is 5.32 Å². The average molecular weight is 293 g/mol. The molecule has 0 heterocycles. The maximum atomic E-state index is 12.1. The first kappa shape index (κ1) is 17.5. The van der Waals surface area contributed by atoms with Crippen LogP contribution in [0.3, 0.4) is 0 Å². The number of hydrogen-bond acceptors (Lipinski definition) is 3. The standard InChI is InChI=1S/C17H27NO3/c1-5-17(6-2,12-19)11-18-16(20)14(4)21-15-9-7-13(3)8-10-15/h7-10,14,19H,5-6,11-12H2,1-4H3,(H,18,20). The first-order chi connectivity index (χ1) is 9.96. The Morgan fingerprint density at radius 3 is 2.33 bits per heavy atom. The number of hydrogen-bond donors (Lipinski definition) is 2. The molecule has 0 saturated heterocycles. The van der Waals surface area contributed by atoms with Crippen LogP contribution in [0.4, 0.5) is 0 Å². The van der Waals surface area contributed by atoms with E-state index in [-0.39, 0.29) is 17.9 Å². The summed E-state index contributed by atoms with van der Waals surface area (Å²) in [4.78, 5) is 12.1. The topological polar surface area (TPSA) is 58.6 Å². The van der Waals surface area contributed by atoms with Gasteiger partial charge in [0.05, 0.1) is 6.61 Å². The number of aliphatic hydroxyl groups is 1. The molecule has 21 heavy (non-hydrogen) atoms. The second-order valence-electron chi connectivity index (χ2n) is 5.66. The third kappa shape index (κ3) is 5.05. The molecule has 1 atom stereocenters. The summed E-state index contributed by atoms with van der Waals surface area (Å²) in [5, 5.41) is 12.4. The molecule has 4 heteroatoms. The zero-order chi connectivity index (χ0) is 15.9. The molecule has 0 radical (unpaired) electrons. The number of carbonyl (C=O) groups is 1. The van der Waals surface area contributed by atoms with Crippen molar-refractivity contribution in [2.45, 2.75) is 46.6 Å². The molecule has 4 nitrogen and oxygen atoms in total. The number of ether oxygens (including phenoxy) is 1. The van der Waals surface area contributed by atoms with E-state index >= 15 is 0 Å². The molecule has 0 saturated carbocycles. The largest absolute Gasteiger partial charge is 0.481 e. The Morgan fingerprint density at radius 1 is 1.29 bits per heavy atom. The van der Waals surface area contributed by atoms with Gasteiger partial charge in [0.15, 0.2) is 6.10 Å². The van der Waals surface area contributed by atoms with Gasteiger partial charge in [-0.1, -0.05) is 31.5 Å². The van der Waals surface area contributed by atoms with Crippen LogP contribution in [0.15, 0.2) is 24.3 Å². The number of benzene rings is 1. The fourth-order valence-electron chi connectivity index (χ4n) is 2.07. The van der Waals surface area contributed by atoms with Crippen molar-refractivity contribution in [1.29, 1.82) is 0 Å². The highest BCUT2D eigenvalue weighted by atomic mass is 16.5. The van der Waals surface area contributed by atoms with Crippen molar-refractivity contribution >= 4 is 5.91 Å². The maximum Gasteiger partial charge on any atom is 0.260 e. The van der Waals surface area contributed by atoms with E-state index in [0.717, 1.165) is 18.4 Å². The molecule has 1 rings (SSSR count). The third-order valence-electron chi connectivity index (χ3n) is 4.18. The van der Waals surface area contributed by atoms with Crippen molar-refractivity contribution in [3.05, 3.63) is 29.8 Å². The monoisotopic (exact) mass is 293 g/mol. The molecular formula is C17H27NO3. The van der Waals surface area contributed by atoms with Crippen LogP contribution >= 0.6 is 0 Å². The third-order valence-corrected chi connectivity index (χ3v) is 4.18. The zero-order valence-corrected chi connectivity index (χ0v) is 13.5. The molecule has 0 aliphatic carbocycles. The van der Waals surface area contributed by atoms with Gasteiger partial charge in [-0.05, 0) is 38.8 Å². The summed E-state index contributed by atoms with van der Waals surface area (Å²) in [6, 6.07) is 7.61. The number of amides is 1. The highest BCUT2D eigenvalue weighted by Crippen LogP contribution is 2.24. The van der Waals surface area contributed by atoms with Gasteiger partial charge in [0.1, 0.15) is 5.75 Å². The molecule has 0 aliphatic heterocycles. The lowest BCUT2D eigenvalue weighted by atomic mass is 9.83. The minimum absolute atomic E-state index is 0.0769. The second kappa shape index (κ2) is 8.03. The Balaban J connectivity index is 2.53. The summed E-state index contributed by atoms with van der Waals surface area (Å²) in [5.41, 5.74) is 0.914. The van der Waals surface area contributed by atoms with Crippen LogP contribution in [0.2, 0.25) is 0 Å². The van der Waals surface area contributed by atoms with Gasteiger partial charge in [-0.15, -0.1) is 0 Å². The number of nitrogens with one attached hydrogen (secondary N) is 1. The number of carbonyl (C=O) groups excluding carboxylic acids is 1. The van der Waals surface area contributed by atoms with Gasteiger partial charge >= 0.3 is 0 Å². The van der Waals surface area contributed by atoms with Gasteiger partial charge in [0, 0.05) is 12.0 Å². The lowest BCUT2D eigenvalue weighted by Gasteiger charge is -2.30. The van der Waals surface area contributed by atoms with E-state index in [1.165, 1.54) is 0 Å². The molecule has 0 spiro atoms. The normalized spacial score (nSPS) is 12.8. The van der Waals surface area contributed by atoms with E-state index in [0.29, 0.717) is 12.3 Å². The van der Waals surface area contributed by atoms with Crippen molar-refractivity contribution in [2.75, 3.05) is 13.2 Å². The highest BCUT2D eigenvalue weighted by molar-refractivity contribution is 5.80. The minimum Gasteiger partial charge on any atom is -0.481 e. The second-order valence-corrected chi connectivity index (χ2v) is 5.66. The van der Waals surface area contributed by atoms with Gasteiger partial charge in [0.25, 0.3) is 5.91 Å². The molecule has 1 amide bonds. The summed E-state index contributed by atoms with van der Waals surface area (Å²) < 4.78 is 5.62. The Labute approximate surface area is 127 Å². The first-order valence-electron chi connectivity index (χ1n) is 7.58. The van der Waals surface area contributed by atoms with Crippen molar-refractivity contribution in [2.24, 2.45) is 5.41 Å². The van der Waals surface area contributed by atoms with Crippen molar-refractivity contribution < 1.29 is 14.6 Å². The van der Waals surface area contributed by atoms with E-state index < -0.39 is 6.10 Å². The highest BCUT2D eigenvalue weighted by Gasteiger charge is 2.27. The SMILES string of the molecule is CCC(CC)(CO)CNC(=O)C(C)Oc1ccc(C)cc1. The fraction of sp³-hybridized carbons (Fsp3) is 0.588. The Bertz CT molecular complexity index is 430. The van der Waals surface area contributed by atoms with Gasteiger partial charge in [0.2, 0.25) is 0 Å². The summed E-state index contributed by atoms with van der Waals surface area (Å²) in [5.74, 6) is 0.526. The molecular weight excluding hydrogens is 266 g/mol. The predicted molar refractivity (Wildman–Crippen MR) is 84.4 cm³/mol. The molecule has 2 N–H and O–H groups in total. The first-order valence-corrected chi connectivity index (χ1v) is 7.58. The lowest BCUT2D eigenvalue weighted by molar-refractivity contribution is -0.128. The van der Waals surface area contributed by atoms with Crippen LogP contribution in [0.25, 0.3) is 0 Å². The zero-order valence-electron chi connectivity index (χ0n) is 13.5. The van der Waals surface area contributed by atoms with Crippen LogP contribution < -0.4 is 10.1 Å². The Kier molecular flexibility index (Phi) is 6.69. The molecule has 1 aromatic rings. The van der Waals surface area contributed by atoms with Crippen LogP contribution in [0.1, 0.15) is 39.2 Å². The molecule has 0 aromatic heterocycles. The van der Waals surface area contributed by atoms with Crippen molar-refractivity contribution in [3.63, 3.8) is 0 Å². The maximum absolute atomic E-state index is 12.1. The summed E-state index contributed by atoms with van der Waals surface area (Å²) in [6.07, 6.45) is 1.10. The van der Waals surface area contributed by atoms with E-state index in [1.54, 1.807) is 6.92 Å². The molecule has 1 unspecified atom stereocenters. The fourth-order valence-corrected chi connectivity index (χ4v) is 2.07. The van der Waals surface area contributed by atoms with Crippen LogP contribution in [-0.4, -0.2) is 30.3 Å². The quantitative estimate of drug-likeness (QED) is 0.774. The smallest absolute Gasteiger partial charge is 0.260 e. The molecule has 118 valence electrons. The predicted octanol–water partition coefficient (Wildman–Crippen LogP) is 2.68. The number of aryl methyl sites for hydroxylation is 1. The van der Waals surface area contributed by atoms with E-state index in [1.807, 2.05) is 45.0 Å². The molecule has 1 aromatic carbocycles. The van der Waals surface area contributed by atoms with Gasteiger partial charge in [-0.3, -0.25) is 4.79 Å². The molecule has 0 fully saturated rings. The van der Waals surface area contributed by atoms with Gasteiger partial charge < -0.3 is 15.2 Å². The van der Waals surface area contributed by atoms with E-state index in [4.69, 9.17) is 4.74 Å². The number of rotatable bonds is 8.